The van der Waals surface area contributed by atoms with Crippen LogP contribution in [-0.2, 0) is 9.59 Å². The van der Waals surface area contributed by atoms with Crippen LogP contribution in [0.3, 0.4) is 0 Å². The molecule has 0 aromatic carbocycles. The van der Waals surface area contributed by atoms with E-state index < -0.39 is 0 Å². The number of rotatable bonds is 0. The largest absolute Gasteiger partial charge is 0.352 e. The summed E-state index contributed by atoms with van der Waals surface area (Å²) in [6.45, 7) is 4.01. The van der Waals surface area contributed by atoms with Gasteiger partial charge in [0.2, 0.25) is 11.8 Å². The first kappa shape index (κ1) is 9.45. The van der Waals surface area contributed by atoms with E-state index in [0.29, 0.717) is 6.54 Å². The lowest BCUT2D eigenvalue weighted by Gasteiger charge is -2.43. The maximum absolute atomic E-state index is 11.4. The molecule has 0 unspecified atom stereocenters. The van der Waals surface area contributed by atoms with Crippen molar-refractivity contribution < 1.29 is 9.59 Å². The van der Waals surface area contributed by atoms with Crippen LogP contribution in [0.2, 0.25) is 0 Å². The third-order valence-corrected chi connectivity index (χ3v) is 3.09. The minimum absolute atomic E-state index is 0.0106. The molecule has 1 atom stereocenters. The second-order valence-electron chi connectivity index (χ2n) is 4.03. The van der Waals surface area contributed by atoms with E-state index >= 15 is 0 Å². The zero-order valence-electron chi connectivity index (χ0n) is 8.30. The summed E-state index contributed by atoms with van der Waals surface area (Å²) in [6, 6.07) is 0. The predicted octanol–water partition coefficient (Wildman–Crippen LogP) is -1.30. The van der Waals surface area contributed by atoms with Crippen LogP contribution in [0.4, 0.5) is 0 Å². The lowest BCUT2D eigenvalue weighted by Crippen LogP contribution is -2.65. The van der Waals surface area contributed by atoms with Gasteiger partial charge in [0.05, 0.1) is 5.54 Å². The Morgan fingerprint density at radius 2 is 2.29 bits per heavy atom. The fourth-order valence-electron chi connectivity index (χ4n) is 2.28. The van der Waals surface area contributed by atoms with E-state index in [0.717, 1.165) is 19.5 Å². The number of carbonyl (C=O) groups is 2. The molecule has 0 aliphatic carbocycles. The van der Waals surface area contributed by atoms with Crippen molar-refractivity contribution in [1.29, 1.82) is 0 Å². The molecule has 2 N–H and O–H groups in total. The van der Waals surface area contributed by atoms with Crippen LogP contribution in [0.5, 0.6) is 0 Å². The average Bonchev–Trinajstić information content (AvgIpc) is 2.59. The Balaban J connectivity index is 2.21. The van der Waals surface area contributed by atoms with Gasteiger partial charge in [0.1, 0.15) is 6.54 Å². The highest BCUT2D eigenvalue weighted by atomic mass is 16.2. The molecule has 2 saturated heterocycles. The molecule has 0 saturated carbocycles. The van der Waals surface area contributed by atoms with Crippen molar-refractivity contribution in [3.63, 3.8) is 0 Å². The summed E-state index contributed by atoms with van der Waals surface area (Å²) in [7, 11) is 0. The van der Waals surface area contributed by atoms with Crippen LogP contribution in [-0.4, -0.2) is 48.4 Å². The number of amides is 2. The van der Waals surface area contributed by atoms with Gasteiger partial charge in [-0.15, -0.1) is 0 Å². The summed E-state index contributed by atoms with van der Waals surface area (Å²) in [4.78, 5) is 24.3. The SMILES string of the molecule is CC(=O)N1CC(=O)NC[C@]12CCNC2. The fourth-order valence-corrected chi connectivity index (χ4v) is 2.28. The normalized spacial score (nSPS) is 32.1. The smallest absolute Gasteiger partial charge is 0.239 e. The summed E-state index contributed by atoms with van der Waals surface area (Å²) in [5.41, 5.74) is -0.167. The minimum Gasteiger partial charge on any atom is -0.352 e. The molecule has 1 spiro atoms. The topological polar surface area (TPSA) is 61.4 Å². The van der Waals surface area contributed by atoms with Crippen molar-refractivity contribution in [2.24, 2.45) is 0 Å². The third kappa shape index (κ3) is 1.37. The molecule has 5 nitrogen and oxygen atoms in total. The number of hydrogen-bond donors (Lipinski definition) is 2. The van der Waals surface area contributed by atoms with E-state index in [-0.39, 0.29) is 23.9 Å². The van der Waals surface area contributed by atoms with Crippen LogP contribution in [0.1, 0.15) is 13.3 Å². The van der Waals surface area contributed by atoms with E-state index in [1.54, 1.807) is 4.90 Å². The van der Waals surface area contributed by atoms with E-state index in [1.807, 2.05) is 0 Å². The summed E-state index contributed by atoms with van der Waals surface area (Å²) >= 11 is 0. The predicted molar refractivity (Wildman–Crippen MR) is 50.6 cm³/mol. The van der Waals surface area contributed by atoms with Gasteiger partial charge in [0.25, 0.3) is 0 Å². The number of hydrogen-bond acceptors (Lipinski definition) is 3. The summed E-state index contributed by atoms with van der Waals surface area (Å²) in [6.07, 6.45) is 0.923. The van der Waals surface area contributed by atoms with Gasteiger partial charge in [-0.25, -0.2) is 0 Å². The van der Waals surface area contributed by atoms with Gasteiger partial charge in [-0.3, -0.25) is 9.59 Å². The number of piperazine rings is 1. The van der Waals surface area contributed by atoms with Gasteiger partial charge in [-0.1, -0.05) is 0 Å². The summed E-state index contributed by atoms with van der Waals surface area (Å²) < 4.78 is 0. The molecule has 2 rings (SSSR count). The van der Waals surface area contributed by atoms with Gasteiger partial charge in [-0.2, -0.15) is 0 Å². The van der Waals surface area contributed by atoms with Crippen LogP contribution in [0, 0.1) is 0 Å². The average molecular weight is 197 g/mol. The highest BCUT2D eigenvalue weighted by Gasteiger charge is 2.44. The van der Waals surface area contributed by atoms with Gasteiger partial charge in [0.15, 0.2) is 0 Å². The molecule has 0 aromatic heterocycles. The highest BCUT2D eigenvalue weighted by Crippen LogP contribution is 2.24. The number of nitrogens with one attached hydrogen (secondary N) is 2. The Bertz CT molecular complexity index is 271. The molecule has 0 aromatic rings. The lowest BCUT2D eigenvalue weighted by molar-refractivity contribution is -0.144. The molecular formula is C9H15N3O2. The Hall–Kier alpha value is -1.10. The minimum atomic E-state index is -0.167. The molecule has 0 bridgehead atoms. The number of carbonyl (C=O) groups excluding carboxylic acids is 2. The van der Waals surface area contributed by atoms with Crippen molar-refractivity contribution >= 4 is 11.8 Å². The standard InChI is InChI=1S/C9H15N3O2/c1-7(13)12-4-8(14)11-6-9(12)2-3-10-5-9/h10H,2-6H2,1H3,(H,11,14)/t9-/m1/s1. The summed E-state index contributed by atoms with van der Waals surface area (Å²) in [5, 5.41) is 6.06. The Morgan fingerprint density at radius 1 is 1.50 bits per heavy atom. The van der Waals surface area contributed by atoms with E-state index in [9.17, 15) is 9.59 Å². The Kier molecular flexibility index (Phi) is 2.19. The quantitative estimate of drug-likeness (QED) is 0.507. The maximum Gasteiger partial charge on any atom is 0.239 e. The van der Waals surface area contributed by atoms with Crippen molar-refractivity contribution in [2.45, 2.75) is 18.9 Å². The first-order valence-corrected chi connectivity index (χ1v) is 4.90. The first-order chi connectivity index (χ1) is 6.64. The van der Waals surface area contributed by atoms with Crippen molar-refractivity contribution in [3.8, 4) is 0 Å². The van der Waals surface area contributed by atoms with Crippen LogP contribution in [0.25, 0.3) is 0 Å². The first-order valence-electron chi connectivity index (χ1n) is 4.90. The fraction of sp³-hybridized carbons (Fsp3) is 0.778. The molecule has 2 aliphatic heterocycles. The maximum atomic E-state index is 11.4. The highest BCUT2D eigenvalue weighted by molar-refractivity contribution is 5.86. The van der Waals surface area contributed by atoms with Crippen molar-refractivity contribution in [2.75, 3.05) is 26.2 Å². The molecule has 5 heteroatoms. The molecule has 2 heterocycles. The molecule has 0 radical (unpaired) electrons. The molecule has 2 fully saturated rings. The van der Waals surface area contributed by atoms with Crippen molar-refractivity contribution in [1.82, 2.24) is 15.5 Å². The second kappa shape index (κ2) is 3.24. The van der Waals surface area contributed by atoms with Crippen LogP contribution < -0.4 is 10.6 Å². The van der Waals surface area contributed by atoms with E-state index in [1.165, 1.54) is 6.92 Å². The third-order valence-electron chi connectivity index (χ3n) is 3.09. The molecular weight excluding hydrogens is 182 g/mol. The van der Waals surface area contributed by atoms with Gasteiger partial charge < -0.3 is 15.5 Å². The zero-order valence-corrected chi connectivity index (χ0v) is 8.30. The Morgan fingerprint density at radius 3 is 2.86 bits per heavy atom. The molecule has 2 amide bonds. The van der Waals surface area contributed by atoms with Crippen LogP contribution >= 0.6 is 0 Å². The monoisotopic (exact) mass is 197 g/mol. The van der Waals surface area contributed by atoms with Gasteiger partial charge >= 0.3 is 0 Å². The molecule has 14 heavy (non-hydrogen) atoms. The summed E-state index contributed by atoms with van der Waals surface area (Å²) in [5.74, 6) is -0.0683. The molecule has 2 aliphatic rings. The second-order valence-corrected chi connectivity index (χ2v) is 4.03. The number of nitrogens with zero attached hydrogens (tertiary/aromatic N) is 1. The lowest BCUT2D eigenvalue weighted by atomic mass is 9.93. The van der Waals surface area contributed by atoms with Gasteiger partial charge in [-0.05, 0) is 13.0 Å². The molecule has 78 valence electrons. The van der Waals surface area contributed by atoms with E-state index in [2.05, 4.69) is 10.6 Å². The van der Waals surface area contributed by atoms with E-state index in [4.69, 9.17) is 0 Å². The Labute approximate surface area is 82.8 Å². The van der Waals surface area contributed by atoms with Crippen molar-refractivity contribution in [3.05, 3.63) is 0 Å². The zero-order chi connectivity index (χ0) is 10.2. The van der Waals surface area contributed by atoms with Crippen LogP contribution in [0.15, 0.2) is 0 Å². The van der Waals surface area contributed by atoms with Gasteiger partial charge in [0, 0.05) is 20.0 Å².